The summed E-state index contributed by atoms with van der Waals surface area (Å²) in [7, 11) is 1.54. The van der Waals surface area contributed by atoms with Crippen LogP contribution in [-0.4, -0.2) is 18.0 Å². The van der Waals surface area contributed by atoms with E-state index in [1.807, 2.05) is 0 Å². The Balaban J connectivity index is 1.83. The van der Waals surface area contributed by atoms with E-state index in [9.17, 15) is 13.6 Å². The number of ether oxygens (including phenoxy) is 1. The van der Waals surface area contributed by atoms with Gasteiger partial charge in [0.2, 0.25) is 0 Å². The van der Waals surface area contributed by atoms with Crippen LogP contribution in [0.1, 0.15) is 10.4 Å². The van der Waals surface area contributed by atoms with Gasteiger partial charge < -0.3 is 10.1 Å². The molecule has 0 saturated heterocycles. The highest BCUT2D eigenvalue weighted by atomic mass is 35.5. The fourth-order valence-corrected chi connectivity index (χ4v) is 2.58. The maximum absolute atomic E-state index is 13.7. The number of benzene rings is 2. The van der Waals surface area contributed by atoms with Gasteiger partial charge in [-0.3, -0.25) is 9.78 Å². The molecule has 0 unspecified atom stereocenters. The van der Waals surface area contributed by atoms with Crippen molar-refractivity contribution in [3.8, 4) is 17.0 Å². The van der Waals surface area contributed by atoms with Gasteiger partial charge in [0.25, 0.3) is 5.91 Å². The van der Waals surface area contributed by atoms with E-state index in [0.717, 1.165) is 12.1 Å². The third-order valence-corrected chi connectivity index (χ3v) is 3.99. The van der Waals surface area contributed by atoms with Crippen molar-refractivity contribution in [2.75, 3.05) is 12.4 Å². The minimum atomic E-state index is -0.935. The van der Waals surface area contributed by atoms with Gasteiger partial charge in [0.15, 0.2) is 0 Å². The lowest BCUT2D eigenvalue weighted by Gasteiger charge is -2.09. The Hall–Kier alpha value is -2.99. The largest absolute Gasteiger partial charge is 0.497 e. The molecule has 26 heavy (non-hydrogen) atoms. The molecular weight excluding hydrogens is 362 g/mol. The second-order valence-electron chi connectivity index (χ2n) is 5.33. The van der Waals surface area contributed by atoms with Crippen LogP contribution in [0.15, 0.2) is 54.7 Å². The van der Waals surface area contributed by atoms with Crippen molar-refractivity contribution in [1.29, 1.82) is 0 Å². The first-order valence-electron chi connectivity index (χ1n) is 7.55. The summed E-state index contributed by atoms with van der Waals surface area (Å²) in [6.45, 7) is 0. The molecule has 0 atom stereocenters. The molecule has 2 aromatic carbocycles. The van der Waals surface area contributed by atoms with Crippen LogP contribution in [0, 0.1) is 11.6 Å². The number of carbonyl (C=O) groups excluding carboxylic acids is 1. The summed E-state index contributed by atoms with van der Waals surface area (Å²) in [4.78, 5) is 16.3. The Morgan fingerprint density at radius 2 is 1.85 bits per heavy atom. The van der Waals surface area contributed by atoms with Crippen LogP contribution in [0.5, 0.6) is 5.75 Å². The molecule has 1 heterocycles. The summed E-state index contributed by atoms with van der Waals surface area (Å²) in [5, 5.41) is 2.91. The van der Waals surface area contributed by atoms with Gasteiger partial charge in [-0.2, -0.15) is 0 Å². The summed E-state index contributed by atoms with van der Waals surface area (Å²) in [6, 6.07) is 11.6. The molecule has 132 valence electrons. The van der Waals surface area contributed by atoms with E-state index < -0.39 is 23.1 Å². The average molecular weight is 375 g/mol. The molecule has 1 aromatic heterocycles. The zero-order valence-corrected chi connectivity index (χ0v) is 14.3. The molecule has 3 aromatic rings. The highest BCUT2D eigenvalue weighted by Crippen LogP contribution is 2.30. The summed E-state index contributed by atoms with van der Waals surface area (Å²) in [5.41, 5.74) is 0.862. The van der Waals surface area contributed by atoms with Crippen LogP contribution in [0.4, 0.5) is 14.5 Å². The van der Waals surface area contributed by atoms with Gasteiger partial charge in [0.1, 0.15) is 22.9 Å². The number of anilines is 1. The predicted molar refractivity (Wildman–Crippen MR) is 95.5 cm³/mol. The number of nitrogens with zero attached hydrogens (tertiary/aromatic N) is 1. The van der Waals surface area contributed by atoms with Crippen LogP contribution >= 0.6 is 11.6 Å². The fraction of sp³-hybridized carbons (Fsp3) is 0.0526. The smallest absolute Gasteiger partial charge is 0.261 e. The third-order valence-electron chi connectivity index (χ3n) is 3.66. The zero-order valence-electron chi connectivity index (χ0n) is 13.6. The highest BCUT2D eigenvalue weighted by molar-refractivity contribution is 6.33. The molecule has 0 saturated carbocycles. The number of nitrogens with one attached hydrogen (secondary N) is 1. The van der Waals surface area contributed by atoms with Crippen molar-refractivity contribution in [1.82, 2.24) is 4.98 Å². The van der Waals surface area contributed by atoms with Crippen molar-refractivity contribution in [3.63, 3.8) is 0 Å². The van der Waals surface area contributed by atoms with Gasteiger partial charge in [-0.15, -0.1) is 0 Å². The van der Waals surface area contributed by atoms with E-state index >= 15 is 0 Å². The number of hydrogen-bond donors (Lipinski definition) is 1. The maximum Gasteiger partial charge on any atom is 0.261 e. The minimum absolute atomic E-state index is 0.292. The first-order valence-corrected chi connectivity index (χ1v) is 7.92. The molecular formula is C19H13ClF2N2O2. The second-order valence-corrected chi connectivity index (χ2v) is 5.74. The topological polar surface area (TPSA) is 51.2 Å². The lowest BCUT2D eigenvalue weighted by atomic mass is 10.1. The van der Waals surface area contributed by atoms with E-state index in [0.29, 0.717) is 27.7 Å². The molecule has 0 aliphatic rings. The van der Waals surface area contributed by atoms with Crippen LogP contribution in [0.3, 0.4) is 0 Å². The zero-order chi connectivity index (χ0) is 18.7. The van der Waals surface area contributed by atoms with Gasteiger partial charge in [0.05, 0.1) is 29.7 Å². The van der Waals surface area contributed by atoms with Gasteiger partial charge in [-0.25, -0.2) is 8.78 Å². The molecule has 0 aliphatic carbocycles. The molecule has 1 amide bonds. The van der Waals surface area contributed by atoms with E-state index in [-0.39, 0.29) is 0 Å². The molecule has 1 N–H and O–H groups in total. The van der Waals surface area contributed by atoms with Crippen LogP contribution in [0.2, 0.25) is 5.02 Å². The van der Waals surface area contributed by atoms with Crippen molar-refractivity contribution < 1.29 is 18.3 Å². The molecule has 0 aliphatic heterocycles. The second kappa shape index (κ2) is 7.49. The molecule has 3 rings (SSSR count). The number of aromatic nitrogens is 1. The van der Waals surface area contributed by atoms with Gasteiger partial charge in [-0.1, -0.05) is 17.7 Å². The van der Waals surface area contributed by atoms with E-state index in [2.05, 4.69) is 10.3 Å². The Bertz CT molecular complexity index is 942. The quantitative estimate of drug-likeness (QED) is 0.703. The number of hydrogen-bond acceptors (Lipinski definition) is 3. The van der Waals surface area contributed by atoms with E-state index in [4.69, 9.17) is 16.3 Å². The Labute approximate surface area is 153 Å². The predicted octanol–water partition coefficient (Wildman–Crippen LogP) is 4.94. The molecule has 4 nitrogen and oxygen atoms in total. The lowest BCUT2D eigenvalue weighted by molar-refractivity contribution is 0.101. The molecule has 0 spiro atoms. The van der Waals surface area contributed by atoms with Crippen molar-refractivity contribution in [2.24, 2.45) is 0 Å². The van der Waals surface area contributed by atoms with Gasteiger partial charge in [0, 0.05) is 5.56 Å². The summed E-state index contributed by atoms with van der Waals surface area (Å²) < 4.78 is 32.5. The highest BCUT2D eigenvalue weighted by Gasteiger charge is 2.17. The Kier molecular flexibility index (Phi) is 5.14. The van der Waals surface area contributed by atoms with Crippen LogP contribution < -0.4 is 10.1 Å². The normalized spacial score (nSPS) is 10.5. The molecule has 7 heteroatoms. The van der Waals surface area contributed by atoms with E-state index in [1.54, 1.807) is 37.4 Å². The monoisotopic (exact) mass is 374 g/mol. The molecule has 0 bridgehead atoms. The van der Waals surface area contributed by atoms with Crippen LogP contribution in [0.25, 0.3) is 11.3 Å². The van der Waals surface area contributed by atoms with Crippen molar-refractivity contribution in [3.05, 3.63) is 76.9 Å². The number of methoxy groups -OCH3 is 1. The number of pyridine rings is 1. The van der Waals surface area contributed by atoms with Crippen molar-refractivity contribution in [2.45, 2.75) is 0 Å². The Morgan fingerprint density at radius 1 is 1.12 bits per heavy atom. The molecule has 0 radical (unpaired) electrons. The maximum atomic E-state index is 13.7. The standard InChI is InChI=1S/C19H13ClF2N2O2/c1-26-12-6-7-14(20)13(9-12)17-8-5-11(10-23-17)24-19(25)18-15(21)3-2-4-16(18)22/h2-10H,1H3,(H,24,25). The summed E-state index contributed by atoms with van der Waals surface area (Å²) >= 11 is 6.18. The number of amides is 1. The van der Waals surface area contributed by atoms with Crippen molar-refractivity contribution >= 4 is 23.2 Å². The fourth-order valence-electron chi connectivity index (χ4n) is 2.36. The summed E-state index contributed by atoms with van der Waals surface area (Å²) in [5.74, 6) is -2.14. The Morgan fingerprint density at radius 3 is 2.46 bits per heavy atom. The lowest BCUT2D eigenvalue weighted by Crippen LogP contribution is -2.15. The van der Waals surface area contributed by atoms with Gasteiger partial charge in [-0.05, 0) is 42.5 Å². The number of halogens is 3. The first-order chi connectivity index (χ1) is 12.5. The molecule has 0 fully saturated rings. The third kappa shape index (κ3) is 3.65. The minimum Gasteiger partial charge on any atom is -0.497 e. The van der Waals surface area contributed by atoms with Gasteiger partial charge >= 0.3 is 0 Å². The van der Waals surface area contributed by atoms with E-state index in [1.165, 1.54) is 12.3 Å². The SMILES string of the molecule is COc1ccc(Cl)c(-c2ccc(NC(=O)c3c(F)cccc3F)cn2)c1. The summed E-state index contributed by atoms with van der Waals surface area (Å²) in [6.07, 6.45) is 1.38. The van der Waals surface area contributed by atoms with Crippen LogP contribution in [-0.2, 0) is 0 Å². The number of carbonyl (C=O) groups is 1. The average Bonchev–Trinajstić information content (AvgIpc) is 2.63. The first kappa shape index (κ1) is 17.8. The number of rotatable bonds is 4.